The lowest BCUT2D eigenvalue weighted by Crippen LogP contribution is -2.38. The second kappa shape index (κ2) is 7.79. The van der Waals surface area contributed by atoms with Gasteiger partial charge in [-0.15, -0.1) is 0 Å². The van der Waals surface area contributed by atoms with Crippen molar-refractivity contribution in [1.29, 1.82) is 0 Å². The van der Waals surface area contributed by atoms with Gasteiger partial charge in [-0.1, -0.05) is 6.92 Å². The average molecular weight is 223 g/mol. The maximum atomic E-state index is 5.26. The molecule has 1 rings (SSSR count). The molecule has 16 heavy (non-hydrogen) atoms. The molecule has 0 saturated heterocycles. The maximum Gasteiger partial charge on any atom is 0.191 e. The van der Waals surface area contributed by atoms with Crippen LogP contribution in [0.1, 0.15) is 26.0 Å². The van der Waals surface area contributed by atoms with Crippen LogP contribution in [0.25, 0.3) is 0 Å². The Kier molecular flexibility index (Phi) is 6.15. The van der Waals surface area contributed by atoms with Crippen molar-refractivity contribution in [3.63, 3.8) is 0 Å². The van der Waals surface area contributed by atoms with E-state index in [1.54, 1.807) is 6.26 Å². The van der Waals surface area contributed by atoms with Gasteiger partial charge in [-0.05, 0) is 25.5 Å². The van der Waals surface area contributed by atoms with Crippen LogP contribution in [-0.4, -0.2) is 25.6 Å². The quantitative estimate of drug-likeness (QED) is 0.571. The van der Waals surface area contributed by atoms with Gasteiger partial charge in [0.25, 0.3) is 0 Å². The standard InChI is InChI=1S/C12H21N3O/c1-3-8-14-12(13-4-2)15-9-7-11-6-5-10-16-11/h5-6,10H,3-4,7-9H2,1-2H3,(H2,13,14,15). The third-order valence-electron chi connectivity index (χ3n) is 2.08. The maximum absolute atomic E-state index is 5.26. The van der Waals surface area contributed by atoms with E-state index in [1.807, 2.05) is 12.1 Å². The van der Waals surface area contributed by atoms with E-state index < -0.39 is 0 Å². The SMILES string of the molecule is CCCN=C(NCC)NCCc1ccco1. The van der Waals surface area contributed by atoms with Gasteiger partial charge in [0.15, 0.2) is 5.96 Å². The minimum atomic E-state index is 0.836. The molecule has 0 aliphatic carbocycles. The first-order chi connectivity index (χ1) is 7.86. The molecule has 4 nitrogen and oxygen atoms in total. The monoisotopic (exact) mass is 223 g/mol. The lowest BCUT2D eigenvalue weighted by molar-refractivity contribution is 0.507. The second-order valence-corrected chi connectivity index (χ2v) is 3.52. The molecule has 0 atom stereocenters. The topological polar surface area (TPSA) is 49.6 Å². The number of nitrogens with one attached hydrogen (secondary N) is 2. The first-order valence-electron chi connectivity index (χ1n) is 5.91. The van der Waals surface area contributed by atoms with Crippen molar-refractivity contribution < 1.29 is 4.42 Å². The fraction of sp³-hybridized carbons (Fsp3) is 0.583. The summed E-state index contributed by atoms with van der Waals surface area (Å²) in [6.07, 6.45) is 3.64. The summed E-state index contributed by atoms with van der Waals surface area (Å²) >= 11 is 0. The molecule has 0 unspecified atom stereocenters. The van der Waals surface area contributed by atoms with E-state index >= 15 is 0 Å². The summed E-state index contributed by atoms with van der Waals surface area (Å²) < 4.78 is 5.26. The van der Waals surface area contributed by atoms with Crippen LogP contribution in [0.3, 0.4) is 0 Å². The summed E-state index contributed by atoms with van der Waals surface area (Å²) in [7, 11) is 0. The molecule has 1 aromatic rings. The third kappa shape index (κ3) is 4.87. The molecular formula is C12H21N3O. The van der Waals surface area contributed by atoms with E-state index in [1.165, 1.54) is 0 Å². The smallest absolute Gasteiger partial charge is 0.191 e. The fourth-order valence-electron chi connectivity index (χ4n) is 1.32. The van der Waals surface area contributed by atoms with Gasteiger partial charge in [0.05, 0.1) is 6.26 Å². The van der Waals surface area contributed by atoms with E-state index in [-0.39, 0.29) is 0 Å². The van der Waals surface area contributed by atoms with Crippen LogP contribution < -0.4 is 10.6 Å². The minimum Gasteiger partial charge on any atom is -0.469 e. The second-order valence-electron chi connectivity index (χ2n) is 3.52. The highest BCUT2D eigenvalue weighted by molar-refractivity contribution is 5.79. The summed E-state index contributed by atoms with van der Waals surface area (Å²) in [4.78, 5) is 4.41. The Balaban J connectivity index is 2.26. The zero-order valence-corrected chi connectivity index (χ0v) is 10.1. The van der Waals surface area contributed by atoms with Crippen molar-refractivity contribution in [2.24, 2.45) is 4.99 Å². The largest absolute Gasteiger partial charge is 0.469 e. The number of nitrogens with zero attached hydrogens (tertiary/aromatic N) is 1. The molecule has 0 fully saturated rings. The molecule has 0 aliphatic rings. The van der Waals surface area contributed by atoms with Gasteiger partial charge >= 0.3 is 0 Å². The van der Waals surface area contributed by atoms with E-state index in [0.29, 0.717) is 0 Å². The van der Waals surface area contributed by atoms with Crippen molar-refractivity contribution in [2.45, 2.75) is 26.7 Å². The molecule has 2 N–H and O–H groups in total. The Morgan fingerprint density at radius 1 is 1.38 bits per heavy atom. The van der Waals surface area contributed by atoms with Crippen LogP contribution in [0, 0.1) is 0 Å². The van der Waals surface area contributed by atoms with Crippen molar-refractivity contribution in [3.05, 3.63) is 24.2 Å². The summed E-state index contributed by atoms with van der Waals surface area (Å²) in [6, 6.07) is 3.89. The van der Waals surface area contributed by atoms with Crippen LogP contribution in [-0.2, 0) is 6.42 Å². The van der Waals surface area contributed by atoms with Crippen LogP contribution in [0.2, 0.25) is 0 Å². The fourth-order valence-corrected chi connectivity index (χ4v) is 1.32. The van der Waals surface area contributed by atoms with Gasteiger partial charge in [0.1, 0.15) is 5.76 Å². The summed E-state index contributed by atoms with van der Waals surface area (Å²) in [5.41, 5.74) is 0. The number of rotatable bonds is 6. The van der Waals surface area contributed by atoms with Crippen molar-refractivity contribution in [3.8, 4) is 0 Å². The van der Waals surface area contributed by atoms with Crippen LogP contribution in [0.15, 0.2) is 27.8 Å². The Bertz CT molecular complexity index is 293. The van der Waals surface area contributed by atoms with E-state index in [9.17, 15) is 0 Å². The Labute approximate surface area is 97.1 Å². The van der Waals surface area contributed by atoms with Gasteiger partial charge in [-0.3, -0.25) is 4.99 Å². The lowest BCUT2D eigenvalue weighted by atomic mass is 10.3. The molecule has 0 saturated carbocycles. The first-order valence-corrected chi connectivity index (χ1v) is 5.91. The molecule has 0 aliphatic heterocycles. The van der Waals surface area contributed by atoms with Crippen LogP contribution in [0.4, 0.5) is 0 Å². The Hall–Kier alpha value is -1.45. The van der Waals surface area contributed by atoms with Gasteiger partial charge in [-0.25, -0.2) is 0 Å². The molecule has 1 heterocycles. The highest BCUT2D eigenvalue weighted by atomic mass is 16.3. The third-order valence-corrected chi connectivity index (χ3v) is 2.08. The molecule has 0 aromatic carbocycles. The zero-order valence-electron chi connectivity index (χ0n) is 10.1. The molecule has 90 valence electrons. The average Bonchev–Trinajstić information content (AvgIpc) is 2.79. The zero-order chi connectivity index (χ0) is 11.6. The summed E-state index contributed by atoms with van der Waals surface area (Å²) in [6.45, 7) is 6.76. The van der Waals surface area contributed by atoms with Gasteiger partial charge < -0.3 is 15.1 Å². The molecular weight excluding hydrogens is 202 g/mol. The normalized spacial score (nSPS) is 11.5. The summed E-state index contributed by atoms with van der Waals surface area (Å²) in [5, 5.41) is 6.48. The molecule has 4 heteroatoms. The predicted molar refractivity (Wildman–Crippen MR) is 66.7 cm³/mol. The van der Waals surface area contributed by atoms with Crippen molar-refractivity contribution >= 4 is 5.96 Å². The summed E-state index contributed by atoms with van der Waals surface area (Å²) in [5.74, 6) is 1.88. The highest BCUT2D eigenvalue weighted by Gasteiger charge is 1.98. The molecule has 0 radical (unpaired) electrons. The van der Waals surface area contributed by atoms with Crippen LogP contribution >= 0.6 is 0 Å². The van der Waals surface area contributed by atoms with Crippen molar-refractivity contribution in [2.75, 3.05) is 19.6 Å². The lowest BCUT2D eigenvalue weighted by Gasteiger charge is -2.10. The Morgan fingerprint density at radius 2 is 2.25 bits per heavy atom. The number of furan rings is 1. The number of hydrogen-bond donors (Lipinski definition) is 2. The molecule has 0 spiro atoms. The highest BCUT2D eigenvalue weighted by Crippen LogP contribution is 1.99. The van der Waals surface area contributed by atoms with Gasteiger partial charge in [0.2, 0.25) is 0 Å². The number of hydrogen-bond acceptors (Lipinski definition) is 2. The minimum absolute atomic E-state index is 0.836. The number of aliphatic imine (C=N–C) groups is 1. The van der Waals surface area contributed by atoms with E-state index in [2.05, 4.69) is 29.5 Å². The van der Waals surface area contributed by atoms with Gasteiger partial charge in [0, 0.05) is 26.1 Å². The Morgan fingerprint density at radius 3 is 2.88 bits per heavy atom. The molecule has 0 amide bonds. The van der Waals surface area contributed by atoms with Gasteiger partial charge in [-0.2, -0.15) is 0 Å². The van der Waals surface area contributed by atoms with Crippen LogP contribution in [0.5, 0.6) is 0 Å². The van der Waals surface area contributed by atoms with Crippen molar-refractivity contribution in [1.82, 2.24) is 10.6 Å². The van der Waals surface area contributed by atoms with E-state index in [0.717, 1.165) is 44.2 Å². The first kappa shape index (κ1) is 12.6. The predicted octanol–water partition coefficient (Wildman–Crippen LogP) is 1.79. The van der Waals surface area contributed by atoms with E-state index in [4.69, 9.17) is 4.42 Å². The number of guanidine groups is 1. The molecule has 1 aromatic heterocycles. The molecule has 0 bridgehead atoms.